The third-order valence-corrected chi connectivity index (χ3v) is 10.4. The van der Waals surface area contributed by atoms with Crippen molar-refractivity contribution in [3.63, 3.8) is 0 Å². The number of nitrogens with zero attached hydrogens (tertiary/aromatic N) is 3. The summed E-state index contributed by atoms with van der Waals surface area (Å²) >= 11 is 1.30. The van der Waals surface area contributed by atoms with Gasteiger partial charge in [-0.05, 0) is 73.8 Å². The number of benzene rings is 3. The van der Waals surface area contributed by atoms with Crippen LogP contribution in [0.25, 0.3) is 32.6 Å². The summed E-state index contributed by atoms with van der Waals surface area (Å²) in [6, 6.07) is 25.0. The van der Waals surface area contributed by atoms with Gasteiger partial charge >= 0.3 is 5.97 Å². The first kappa shape index (κ1) is 31.8. The summed E-state index contributed by atoms with van der Waals surface area (Å²) in [5.74, 6) is -0.273. The van der Waals surface area contributed by atoms with E-state index in [1.165, 1.54) is 17.6 Å². The maximum absolute atomic E-state index is 12.4. The first-order chi connectivity index (χ1) is 22.1. The zero-order valence-corrected chi connectivity index (χ0v) is 27.7. The SMILES string of the molecule is CN(C)CCn1c(-c2ccc(OCc3cc(S(C)(=O)=O)ccc3N3CCOCC3)cc2)c(-c2ccccc2)c2sc(C(=O)O)cc21. The monoisotopic (exact) mass is 659 g/mol. The number of aromatic nitrogens is 1. The number of thiophene rings is 1. The van der Waals surface area contributed by atoms with Gasteiger partial charge in [0.1, 0.15) is 17.2 Å². The number of aromatic carboxylic acids is 1. The molecule has 2 aromatic heterocycles. The molecule has 0 aliphatic carbocycles. The predicted molar refractivity (Wildman–Crippen MR) is 183 cm³/mol. The topological polar surface area (TPSA) is 101 Å². The smallest absolute Gasteiger partial charge is 0.345 e. The van der Waals surface area contributed by atoms with Gasteiger partial charge in [0.05, 0.1) is 34.0 Å². The highest BCUT2D eigenvalue weighted by molar-refractivity contribution is 7.90. The molecule has 0 spiro atoms. The Kier molecular flexibility index (Phi) is 9.19. The number of carboxylic acid groups (broad SMARTS) is 1. The predicted octanol–water partition coefficient (Wildman–Crippen LogP) is 6.12. The molecule has 46 heavy (non-hydrogen) atoms. The van der Waals surface area contributed by atoms with Crippen LogP contribution in [-0.2, 0) is 27.7 Å². The van der Waals surface area contributed by atoms with E-state index in [2.05, 4.69) is 26.5 Å². The zero-order chi connectivity index (χ0) is 32.4. The van der Waals surface area contributed by atoms with Crippen LogP contribution in [0, 0.1) is 0 Å². The van der Waals surface area contributed by atoms with Crippen molar-refractivity contribution in [1.82, 2.24) is 9.47 Å². The number of rotatable bonds is 11. The summed E-state index contributed by atoms with van der Waals surface area (Å²) < 4.78 is 39.7. The molecule has 11 heteroatoms. The van der Waals surface area contributed by atoms with Gasteiger partial charge in [-0.1, -0.05) is 30.3 Å². The van der Waals surface area contributed by atoms with Crippen molar-refractivity contribution in [3.05, 3.63) is 89.3 Å². The number of ether oxygens (including phenoxy) is 2. The van der Waals surface area contributed by atoms with Gasteiger partial charge in [-0.25, -0.2) is 13.2 Å². The van der Waals surface area contributed by atoms with Crippen LogP contribution in [0.15, 0.2) is 83.8 Å². The fraction of sp³-hybridized carbons (Fsp3) is 0.286. The number of sulfone groups is 1. The molecule has 0 radical (unpaired) electrons. The molecule has 3 heterocycles. The van der Waals surface area contributed by atoms with E-state index in [1.807, 2.05) is 62.6 Å². The number of likely N-dealkylation sites (N-methyl/N-ethyl adjacent to an activating group) is 1. The molecule has 240 valence electrons. The van der Waals surface area contributed by atoms with Gasteiger partial charge in [0, 0.05) is 49.2 Å². The van der Waals surface area contributed by atoms with Gasteiger partial charge in [-0.3, -0.25) is 0 Å². The van der Waals surface area contributed by atoms with Crippen LogP contribution in [0.2, 0.25) is 0 Å². The molecule has 1 aliphatic heterocycles. The Morgan fingerprint density at radius 3 is 2.35 bits per heavy atom. The molecule has 1 saturated heterocycles. The van der Waals surface area contributed by atoms with Crippen LogP contribution in [0.3, 0.4) is 0 Å². The van der Waals surface area contributed by atoms with Crippen LogP contribution in [0.1, 0.15) is 15.2 Å². The highest BCUT2D eigenvalue weighted by Gasteiger charge is 2.24. The zero-order valence-electron chi connectivity index (χ0n) is 26.1. The van der Waals surface area contributed by atoms with Crippen molar-refractivity contribution in [3.8, 4) is 28.1 Å². The number of hydrogen-bond donors (Lipinski definition) is 1. The van der Waals surface area contributed by atoms with Crippen molar-refractivity contribution in [2.24, 2.45) is 0 Å². The molecule has 0 bridgehead atoms. The van der Waals surface area contributed by atoms with Crippen molar-refractivity contribution in [1.29, 1.82) is 0 Å². The Bertz CT molecular complexity index is 1960. The van der Waals surface area contributed by atoms with Gasteiger partial charge < -0.3 is 28.9 Å². The summed E-state index contributed by atoms with van der Waals surface area (Å²) in [4.78, 5) is 16.9. The molecule has 3 aromatic carbocycles. The fourth-order valence-corrected chi connectivity index (χ4v) is 7.57. The third kappa shape index (κ3) is 6.68. The molecule has 1 N–H and O–H groups in total. The molecule has 0 saturated carbocycles. The number of hydrogen-bond acceptors (Lipinski definition) is 8. The molecule has 5 aromatic rings. The lowest BCUT2D eigenvalue weighted by Crippen LogP contribution is -2.36. The number of anilines is 1. The minimum Gasteiger partial charge on any atom is -0.489 e. The first-order valence-electron chi connectivity index (χ1n) is 15.1. The van der Waals surface area contributed by atoms with Crippen LogP contribution < -0.4 is 9.64 Å². The average molecular weight is 660 g/mol. The van der Waals surface area contributed by atoms with E-state index in [9.17, 15) is 18.3 Å². The Labute approximate surface area is 273 Å². The van der Waals surface area contributed by atoms with Crippen LogP contribution in [-0.4, -0.2) is 82.2 Å². The average Bonchev–Trinajstić information content (AvgIpc) is 3.61. The Morgan fingerprint density at radius 1 is 0.978 bits per heavy atom. The van der Waals surface area contributed by atoms with Crippen LogP contribution in [0.5, 0.6) is 5.75 Å². The number of carboxylic acids is 1. The summed E-state index contributed by atoms with van der Waals surface area (Å²) in [6.45, 7) is 4.35. The Hall–Kier alpha value is -4.16. The van der Waals surface area contributed by atoms with Crippen LogP contribution >= 0.6 is 11.3 Å². The first-order valence-corrected chi connectivity index (χ1v) is 17.8. The number of fused-ring (bicyclic) bond motifs is 1. The van der Waals surface area contributed by atoms with Gasteiger partial charge in [0.25, 0.3) is 0 Å². The molecule has 1 fully saturated rings. The van der Waals surface area contributed by atoms with E-state index in [4.69, 9.17) is 9.47 Å². The van der Waals surface area contributed by atoms with E-state index >= 15 is 0 Å². The quantitative estimate of drug-likeness (QED) is 0.181. The van der Waals surface area contributed by atoms with E-state index in [0.717, 1.165) is 63.5 Å². The summed E-state index contributed by atoms with van der Waals surface area (Å²) in [5.41, 5.74) is 6.68. The molecular weight excluding hydrogens is 623 g/mol. The third-order valence-electron chi connectivity index (χ3n) is 8.13. The molecular formula is C35H37N3O6S2. The van der Waals surface area contributed by atoms with Crippen molar-refractivity contribution in [2.45, 2.75) is 18.0 Å². The van der Waals surface area contributed by atoms with Crippen molar-refractivity contribution in [2.75, 3.05) is 58.1 Å². The van der Waals surface area contributed by atoms with Gasteiger partial charge in [-0.15, -0.1) is 11.3 Å². The van der Waals surface area contributed by atoms with Gasteiger partial charge in [0.15, 0.2) is 9.84 Å². The molecule has 6 rings (SSSR count). The Balaban J connectivity index is 1.36. The van der Waals surface area contributed by atoms with E-state index in [1.54, 1.807) is 18.2 Å². The maximum atomic E-state index is 12.4. The highest BCUT2D eigenvalue weighted by Crippen LogP contribution is 2.45. The molecule has 1 aliphatic rings. The second-order valence-corrected chi connectivity index (χ2v) is 14.7. The number of carbonyl (C=O) groups is 1. The van der Waals surface area contributed by atoms with Crippen molar-refractivity contribution >= 4 is 43.0 Å². The summed E-state index contributed by atoms with van der Waals surface area (Å²) in [6.07, 6.45) is 1.21. The maximum Gasteiger partial charge on any atom is 0.345 e. The minimum absolute atomic E-state index is 0.206. The van der Waals surface area contributed by atoms with E-state index in [-0.39, 0.29) is 11.5 Å². The highest BCUT2D eigenvalue weighted by atomic mass is 32.2. The normalized spacial score (nSPS) is 13.9. The standard InChI is InChI=1S/C35H37N3O6S2/c1-36(2)15-16-38-30-22-31(35(39)40)45-34(30)32(24-7-5-4-6-8-24)33(38)25-9-11-27(12-10-25)44-23-26-21-28(46(3,41)42)13-14-29(26)37-17-19-43-20-18-37/h4-14,21-22H,15-20,23H2,1-3H3,(H,39,40). The van der Waals surface area contributed by atoms with Crippen LogP contribution in [0.4, 0.5) is 5.69 Å². The molecule has 0 unspecified atom stereocenters. The fourth-order valence-electron chi connectivity index (χ4n) is 5.83. The second-order valence-electron chi connectivity index (χ2n) is 11.6. The lowest BCUT2D eigenvalue weighted by molar-refractivity contribution is 0.0702. The second kappa shape index (κ2) is 13.3. The van der Waals surface area contributed by atoms with E-state index < -0.39 is 15.8 Å². The number of morpholine rings is 1. The molecule has 0 amide bonds. The molecule has 0 atom stereocenters. The minimum atomic E-state index is -3.38. The lowest BCUT2D eigenvalue weighted by Gasteiger charge is -2.30. The van der Waals surface area contributed by atoms with Gasteiger partial charge in [-0.2, -0.15) is 0 Å². The lowest BCUT2D eigenvalue weighted by atomic mass is 10.0. The summed E-state index contributed by atoms with van der Waals surface area (Å²) in [7, 11) is 0.666. The largest absolute Gasteiger partial charge is 0.489 e. The Morgan fingerprint density at radius 2 is 1.70 bits per heavy atom. The van der Waals surface area contributed by atoms with Gasteiger partial charge in [0.2, 0.25) is 0 Å². The van der Waals surface area contributed by atoms with Crippen molar-refractivity contribution < 1.29 is 27.8 Å². The summed E-state index contributed by atoms with van der Waals surface area (Å²) in [5, 5.41) is 9.81. The molecule has 9 nitrogen and oxygen atoms in total. The van der Waals surface area contributed by atoms with E-state index in [0.29, 0.717) is 30.4 Å².